The number of pyridine rings is 1. The normalized spacial score (nSPS) is 10.1. The zero-order chi connectivity index (χ0) is 9.68. The molecule has 0 aliphatic carbocycles. The summed E-state index contributed by atoms with van der Waals surface area (Å²) in [7, 11) is 3.63. The van der Waals surface area contributed by atoms with Gasteiger partial charge in [-0.05, 0) is 33.0 Å². The van der Waals surface area contributed by atoms with E-state index in [1.165, 1.54) is 5.56 Å². The second-order valence-corrected chi connectivity index (χ2v) is 2.93. The zero-order valence-electron chi connectivity index (χ0n) is 8.42. The van der Waals surface area contributed by atoms with Crippen molar-refractivity contribution in [2.24, 2.45) is 0 Å². The number of aryl methyl sites for hydroxylation is 1. The number of nitrogens with one attached hydrogen (secondary N) is 1. The monoisotopic (exact) mass is 180 g/mol. The fourth-order valence-corrected chi connectivity index (χ4v) is 1.32. The van der Waals surface area contributed by atoms with Crippen LogP contribution in [0.2, 0.25) is 0 Å². The zero-order valence-corrected chi connectivity index (χ0v) is 8.42. The average molecular weight is 180 g/mol. The number of hydrogen-bond acceptors (Lipinski definition) is 3. The minimum Gasteiger partial charge on any atom is -0.496 e. The van der Waals surface area contributed by atoms with Crippen LogP contribution in [-0.2, 0) is 6.42 Å². The lowest BCUT2D eigenvalue weighted by Crippen LogP contribution is -2.12. The molecule has 3 heteroatoms. The topological polar surface area (TPSA) is 34.1 Å². The van der Waals surface area contributed by atoms with E-state index in [0.717, 1.165) is 24.4 Å². The van der Waals surface area contributed by atoms with Crippen LogP contribution >= 0.6 is 0 Å². The maximum Gasteiger partial charge on any atom is 0.125 e. The number of methoxy groups -OCH3 is 1. The van der Waals surface area contributed by atoms with Gasteiger partial charge in [-0.2, -0.15) is 0 Å². The Morgan fingerprint density at radius 3 is 2.92 bits per heavy atom. The third-order valence-corrected chi connectivity index (χ3v) is 2.07. The van der Waals surface area contributed by atoms with Gasteiger partial charge in [0, 0.05) is 17.5 Å². The van der Waals surface area contributed by atoms with Crippen LogP contribution in [-0.4, -0.2) is 25.7 Å². The maximum absolute atomic E-state index is 5.26. The Labute approximate surface area is 79.1 Å². The molecule has 0 spiro atoms. The van der Waals surface area contributed by atoms with Crippen LogP contribution in [0.25, 0.3) is 0 Å². The Morgan fingerprint density at radius 2 is 2.31 bits per heavy atom. The van der Waals surface area contributed by atoms with Crippen molar-refractivity contribution in [1.29, 1.82) is 0 Å². The summed E-state index contributed by atoms with van der Waals surface area (Å²) in [6, 6.07) is 1.90. The van der Waals surface area contributed by atoms with Crippen LogP contribution in [0.3, 0.4) is 0 Å². The van der Waals surface area contributed by atoms with Crippen molar-refractivity contribution in [1.82, 2.24) is 10.3 Å². The fourth-order valence-electron chi connectivity index (χ4n) is 1.32. The van der Waals surface area contributed by atoms with Crippen molar-refractivity contribution < 1.29 is 4.74 Å². The SMILES string of the molecule is CNCCc1c(OC)ccnc1C. The summed E-state index contributed by atoms with van der Waals surface area (Å²) >= 11 is 0. The third-order valence-electron chi connectivity index (χ3n) is 2.07. The van der Waals surface area contributed by atoms with Gasteiger partial charge in [0.1, 0.15) is 5.75 Å². The van der Waals surface area contributed by atoms with Gasteiger partial charge in [0.25, 0.3) is 0 Å². The first-order valence-corrected chi connectivity index (χ1v) is 4.42. The minimum absolute atomic E-state index is 0.933. The lowest BCUT2D eigenvalue weighted by molar-refractivity contribution is 0.408. The number of likely N-dealkylation sites (N-methyl/N-ethyl adjacent to an activating group) is 1. The summed E-state index contributed by atoms with van der Waals surface area (Å²) in [5.41, 5.74) is 2.24. The fraction of sp³-hybridized carbons (Fsp3) is 0.500. The maximum atomic E-state index is 5.26. The standard InChI is InChI=1S/C10H16N2O/c1-8-9(4-6-11-2)10(13-3)5-7-12-8/h5,7,11H,4,6H2,1-3H3. The highest BCUT2D eigenvalue weighted by molar-refractivity contribution is 5.35. The molecule has 13 heavy (non-hydrogen) atoms. The van der Waals surface area contributed by atoms with Crippen LogP contribution in [0.5, 0.6) is 5.75 Å². The Bertz CT molecular complexity index is 274. The molecule has 1 N–H and O–H groups in total. The van der Waals surface area contributed by atoms with Gasteiger partial charge in [-0.25, -0.2) is 0 Å². The Morgan fingerprint density at radius 1 is 1.54 bits per heavy atom. The third kappa shape index (κ3) is 2.42. The molecule has 0 bridgehead atoms. The van der Waals surface area contributed by atoms with Gasteiger partial charge in [-0.1, -0.05) is 0 Å². The van der Waals surface area contributed by atoms with E-state index >= 15 is 0 Å². The molecule has 0 aromatic carbocycles. The van der Waals surface area contributed by atoms with E-state index in [1.807, 2.05) is 20.0 Å². The molecule has 0 amide bonds. The molecule has 0 fully saturated rings. The molecule has 1 aromatic heterocycles. The second-order valence-electron chi connectivity index (χ2n) is 2.93. The van der Waals surface area contributed by atoms with Crippen LogP contribution in [0.15, 0.2) is 12.3 Å². The summed E-state index contributed by atoms with van der Waals surface area (Å²) in [5.74, 6) is 0.933. The van der Waals surface area contributed by atoms with E-state index in [0.29, 0.717) is 0 Å². The number of hydrogen-bond donors (Lipinski definition) is 1. The number of aromatic nitrogens is 1. The van der Waals surface area contributed by atoms with Gasteiger partial charge in [0.2, 0.25) is 0 Å². The van der Waals surface area contributed by atoms with E-state index in [2.05, 4.69) is 10.3 Å². The van der Waals surface area contributed by atoms with Crippen LogP contribution in [0.1, 0.15) is 11.3 Å². The minimum atomic E-state index is 0.933. The molecule has 0 aliphatic heterocycles. The summed E-state index contributed by atoms with van der Waals surface area (Å²) in [4.78, 5) is 4.23. The first-order chi connectivity index (χ1) is 6.29. The van der Waals surface area contributed by atoms with Gasteiger partial charge in [0.05, 0.1) is 7.11 Å². The van der Waals surface area contributed by atoms with Gasteiger partial charge >= 0.3 is 0 Å². The van der Waals surface area contributed by atoms with Gasteiger partial charge in [-0.15, -0.1) is 0 Å². The highest BCUT2D eigenvalue weighted by Crippen LogP contribution is 2.19. The average Bonchev–Trinajstić information content (AvgIpc) is 2.15. The summed E-state index contributed by atoms with van der Waals surface area (Å²) in [6.07, 6.45) is 2.73. The summed E-state index contributed by atoms with van der Waals surface area (Å²) < 4.78 is 5.26. The van der Waals surface area contributed by atoms with Gasteiger partial charge in [0.15, 0.2) is 0 Å². The molecule has 0 unspecified atom stereocenters. The molecule has 0 atom stereocenters. The quantitative estimate of drug-likeness (QED) is 0.755. The number of nitrogens with zero attached hydrogens (tertiary/aromatic N) is 1. The molecular weight excluding hydrogens is 164 g/mol. The Kier molecular flexibility index (Phi) is 3.71. The Hall–Kier alpha value is -1.09. The highest BCUT2D eigenvalue weighted by atomic mass is 16.5. The molecule has 1 heterocycles. The van der Waals surface area contributed by atoms with E-state index in [-0.39, 0.29) is 0 Å². The lowest BCUT2D eigenvalue weighted by atomic mass is 10.1. The molecular formula is C10H16N2O. The molecule has 0 radical (unpaired) electrons. The molecule has 0 aliphatic rings. The van der Waals surface area contributed by atoms with Crippen LogP contribution < -0.4 is 10.1 Å². The van der Waals surface area contributed by atoms with Crippen LogP contribution in [0, 0.1) is 6.92 Å². The van der Waals surface area contributed by atoms with Crippen LogP contribution in [0.4, 0.5) is 0 Å². The Balaban J connectivity index is 2.87. The van der Waals surface area contributed by atoms with Crippen molar-refractivity contribution in [2.45, 2.75) is 13.3 Å². The predicted octanol–water partition coefficient (Wildman–Crippen LogP) is 1.16. The lowest BCUT2D eigenvalue weighted by Gasteiger charge is -2.09. The molecule has 0 saturated heterocycles. The summed E-state index contributed by atoms with van der Waals surface area (Å²) in [5, 5.41) is 3.11. The smallest absolute Gasteiger partial charge is 0.125 e. The second kappa shape index (κ2) is 4.82. The molecule has 3 nitrogen and oxygen atoms in total. The number of rotatable bonds is 4. The van der Waals surface area contributed by atoms with Crippen molar-refractivity contribution in [3.8, 4) is 5.75 Å². The van der Waals surface area contributed by atoms with Crippen molar-refractivity contribution in [3.63, 3.8) is 0 Å². The first-order valence-electron chi connectivity index (χ1n) is 4.42. The van der Waals surface area contributed by atoms with E-state index in [9.17, 15) is 0 Å². The molecule has 1 aromatic rings. The summed E-state index contributed by atoms with van der Waals surface area (Å²) in [6.45, 7) is 2.95. The van der Waals surface area contributed by atoms with Crippen molar-refractivity contribution >= 4 is 0 Å². The van der Waals surface area contributed by atoms with E-state index < -0.39 is 0 Å². The molecule has 72 valence electrons. The van der Waals surface area contributed by atoms with Crippen molar-refractivity contribution in [3.05, 3.63) is 23.5 Å². The number of ether oxygens (including phenoxy) is 1. The largest absolute Gasteiger partial charge is 0.496 e. The van der Waals surface area contributed by atoms with E-state index in [1.54, 1.807) is 13.3 Å². The van der Waals surface area contributed by atoms with Crippen molar-refractivity contribution in [2.75, 3.05) is 20.7 Å². The van der Waals surface area contributed by atoms with E-state index in [4.69, 9.17) is 4.74 Å². The molecule has 0 saturated carbocycles. The first kappa shape index (κ1) is 9.99. The molecule has 1 rings (SSSR count). The van der Waals surface area contributed by atoms with Gasteiger partial charge < -0.3 is 10.1 Å². The van der Waals surface area contributed by atoms with Gasteiger partial charge in [-0.3, -0.25) is 4.98 Å². The highest BCUT2D eigenvalue weighted by Gasteiger charge is 2.05. The predicted molar refractivity (Wildman–Crippen MR) is 53.2 cm³/mol.